The summed E-state index contributed by atoms with van der Waals surface area (Å²) in [6.07, 6.45) is 0.848. The lowest BCUT2D eigenvalue weighted by Gasteiger charge is -2.16. The maximum absolute atomic E-state index is 12.7. The van der Waals surface area contributed by atoms with E-state index >= 15 is 0 Å². The van der Waals surface area contributed by atoms with Gasteiger partial charge in [-0.2, -0.15) is 8.78 Å². The smallest absolute Gasteiger partial charge is 0.387 e. The lowest BCUT2D eigenvalue weighted by molar-refractivity contribution is -0.0505. The van der Waals surface area contributed by atoms with Crippen LogP contribution in [0.3, 0.4) is 0 Å². The third-order valence-corrected chi connectivity index (χ3v) is 4.43. The molecule has 2 aromatic rings. The minimum Gasteiger partial charge on any atom is -0.497 e. The van der Waals surface area contributed by atoms with E-state index in [1.165, 1.54) is 13.2 Å². The monoisotopic (exact) mass is 549 g/mol. The summed E-state index contributed by atoms with van der Waals surface area (Å²) in [4.78, 5) is 4.17. The summed E-state index contributed by atoms with van der Waals surface area (Å²) < 4.78 is 46.4. The number of ether oxygens (including phenoxy) is 4. The van der Waals surface area contributed by atoms with Gasteiger partial charge >= 0.3 is 6.61 Å². The minimum atomic E-state index is -2.91. The van der Waals surface area contributed by atoms with Gasteiger partial charge in [0.25, 0.3) is 0 Å². The molecule has 1 aliphatic heterocycles. The van der Waals surface area contributed by atoms with E-state index in [0.717, 1.165) is 23.5 Å². The number of alkyl halides is 2. The number of methoxy groups -OCH3 is 1. The van der Waals surface area contributed by atoms with Crippen LogP contribution in [0.2, 0.25) is 0 Å². The molecule has 1 heterocycles. The zero-order valence-electron chi connectivity index (χ0n) is 17.3. The van der Waals surface area contributed by atoms with E-state index in [1.54, 1.807) is 19.2 Å². The zero-order valence-corrected chi connectivity index (χ0v) is 19.7. The van der Waals surface area contributed by atoms with Gasteiger partial charge in [-0.25, -0.2) is 0 Å². The van der Waals surface area contributed by atoms with Crippen molar-refractivity contribution in [2.75, 3.05) is 27.4 Å². The Kier molecular flexibility index (Phi) is 9.89. The molecule has 0 bridgehead atoms. The van der Waals surface area contributed by atoms with Gasteiger partial charge in [-0.3, -0.25) is 4.99 Å². The molecule has 0 aliphatic carbocycles. The first-order valence-electron chi connectivity index (χ1n) is 9.54. The summed E-state index contributed by atoms with van der Waals surface area (Å²) in [5.74, 6) is 2.59. The number of hydrogen-bond donors (Lipinski definition) is 2. The van der Waals surface area contributed by atoms with Crippen molar-refractivity contribution in [2.24, 2.45) is 4.99 Å². The second-order valence-electron chi connectivity index (χ2n) is 6.46. The van der Waals surface area contributed by atoms with Crippen molar-refractivity contribution in [1.82, 2.24) is 10.6 Å². The Balaban J connectivity index is 0.00000341. The van der Waals surface area contributed by atoms with Crippen LogP contribution in [0.1, 0.15) is 17.5 Å². The normalized spacial score (nSPS) is 13.1. The Morgan fingerprint density at radius 2 is 1.81 bits per heavy atom. The summed E-state index contributed by atoms with van der Waals surface area (Å²) >= 11 is 0. The van der Waals surface area contributed by atoms with Crippen molar-refractivity contribution in [3.05, 3.63) is 47.5 Å². The average molecular weight is 549 g/mol. The van der Waals surface area contributed by atoms with Crippen molar-refractivity contribution < 1.29 is 27.7 Å². The molecule has 0 spiro atoms. The highest BCUT2D eigenvalue weighted by molar-refractivity contribution is 14.0. The van der Waals surface area contributed by atoms with Crippen molar-refractivity contribution in [3.63, 3.8) is 0 Å². The van der Waals surface area contributed by atoms with Gasteiger partial charge < -0.3 is 29.6 Å². The molecule has 7 nitrogen and oxygen atoms in total. The van der Waals surface area contributed by atoms with E-state index in [0.29, 0.717) is 37.0 Å². The molecular weight excluding hydrogens is 523 g/mol. The number of halogens is 3. The number of hydrogen-bond acceptors (Lipinski definition) is 5. The van der Waals surface area contributed by atoms with Crippen molar-refractivity contribution in [3.8, 4) is 23.0 Å². The molecule has 0 aromatic heterocycles. The molecule has 170 valence electrons. The lowest BCUT2D eigenvalue weighted by Crippen LogP contribution is -2.36. The molecular formula is C21H26F2IN3O4. The molecule has 3 rings (SSSR count). The first-order valence-corrected chi connectivity index (χ1v) is 9.54. The van der Waals surface area contributed by atoms with E-state index in [1.807, 2.05) is 18.2 Å². The molecule has 2 aromatic carbocycles. The topological polar surface area (TPSA) is 73.3 Å². The number of aliphatic imine (C=N–C) groups is 1. The molecule has 0 amide bonds. The zero-order chi connectivity index (χ0) is 21.3. The number of benzene rings is 2. The largest absolute Gasteiger partial charge is 0.497 e. The van der Waals surface area contributed by atoms with Gasteiger partial charge in [0.1, 0.15) is 11.5 Å². The second kappa shape index (κ2) is 12.4. The highest BCUT2D eigenvalue weighted by Crippen LogP contribution is 2.30. The highest BCUT2D eigenvalue weighted by Gasteiger charge is 2.13. The first-order chi connectivity index (χ1) is 14.6. The summed E-state index contributed by atoms with van der Waals surface area (Å²) in [5.41, 5.74) is 1.51. The fourth-order valence-electron chi connectivity index (χ4n) is 2.93. The number of guanidine groups is 1. The predicted octanol–water partition coefficient (Wildman–Crippen LogP) is 3.94. The Bertz CT molecular complexity index is 884. The molecule has 10 heteroatoms. The average Bonchev–Trinajstić information content (AvgIpc) is 2.99. The van der Waals surface area contributed by atoms with Crippen molar-refractivity contribution in [1.29, 1.82) is 0 Å². The molecule has 1 aliphatic rings. The molecule has 0 fully saturated rings. The third-order valence-electron chi connectivity index (χ3n) is 4.43. The van der Waals surface area contributed by atoms with Crippen LogP contribution in [0.25, 0.3) is 0 Å². The molecule has 0 saturated carbocycles. The van der Waals surface area contributed by atoms with Crippen LogP contribution in [0.5, 0.6) is 23.0 Å². The maximum atomic E-state index is 12.7. The predicted molar refractivity (Wildman–Crippen MR) is 124 cm³/mol. The summed E-state index contributed by atoms with van der Waals surface area (Å²) in [7, 11) is 3.14. The van der Waals surface area contributed by atoms with Gasteiger partial charge in [-0.15, -0.1) is 24.0 Å². The van der Waals surface area contributed by atoms with Crippen LogP contribution in [-0.4, -0.2) is 39.9 Å². The van der Waals surface area contributed by atoms with E-state index in [4.69, 9.17) is 14.2 Å². The fourth-order valence-corrected chi connectivity index (χ4v) is 2.93. The summed E-state index contributed by atoms with van der Waals surface area (Å²) in [6, 6.07) is 10.4. The second-order valence-corrected chi connectivity index (χ2v) is 6.46. The quantitative estimate of drug-likeness (QED) is 0.310. The molecule has 0 atom stereocenters. The molecule has 2 N–H and O–H groups in total. The maximum Gasteiger partial charge on any atom is 0.387 e. The Morgan fingerprint density at radius 1 is 1.06 bits per heavy atom. The van der Waals surface area contributed by atoms with Crippen LogP contribution in [-0.2, 0) is 13.1 Å². The first kappa shape index (κ1) is 24.8. The highest BCUT2D eigenvalue weighted by atomic mass is 127. The van der Waals surface area contributed by atoms with Crippen LogP contribution in [0, 0.1) is 0 Å². The Hall–Kier alpha value is -2.50. The summed E-state index contributed by atoms with van der Waals surface area (Å²) in [6.45, 7) is -0.928. The standard InChI is InChI=1S/C21H25F2N3O4.HI/c1-24-21(25-12-14-4-6-18-19(10-14)29-9-3-8-28-18)26-13-15-11-16(27-2)5-7-17(15)30-20(22)23;/h4-7,10-11,20H,3,8-9,12-13H2,1-2H3,(H2,24,25,26);1H. The minimum absolute atomic E-state index is 0. The van der Waals surface area contributed by atoms with Gasteiger partial charge in [0.05, 0.1) is 20.3 Å². The van der Waals surface area contributed by atoms with Crippen LogP contribution in [0.15, 0.2) is 41.4 Å². The Morgan fingerprint density at radius 3 is 2.52 bits per heavy atom. The Labute approximate surface area is 197 Å². The van der Waals surface area contributed by atoms with Gasteiger partial charge in [0.15, 0.2) is 17.5 Å². The van der Waals surface area contributed by atoms with Gasteiger partial charge in [-0.05, 0) is 35.9 Å². The molecule has 0 unspecified atom stereocenters. The summed E-state index contributed by atoms with van der Waals surface area (Å²) in [5, 5.41) is 6.29. The van der Waals surface area contributed by atoms with Crippen LogP contribution in [0.4, 0.5) is 8.78 Å². The molecule has 0 saturated heterocycles. The molecule has 31 heavy (non-hydrogen) atoms. The number of nitrogens with zero attached hydrogens (tertiary/aromatic N) is 1. The molecule has 0 radical (unpaired) electrons. The van der Waals surface area contributed by atoms with Crippen LogP contribution < -0.4 is 29.6 Å². The van der Waals surface area contributed by atoms with E-state index in [-0.39, 0.29) is 36.3 Å². The van der Waals surface area contributed by atoms with Crippen molar-refractivity contribution >= 4 is 29.9 Å². The van der Waals surface area contributed by atoms with Gasteiger partial charge in [0.2, 0.25) is 0 Å². The van der Waals surface area contributed by atoms with Gasteiger partial charge in [0, 0.05) is 32.1 Å². The van der Waals surface area contributed by atoms with Gasteiger partial charge in [-0.1, -0.05) is 6.07 Å². The number of fused-ring (bicyclic) bond motifs is 1. The van der Waals surface area contributed by atoms with E-state index in [9.17, 15) is 8.78 Å². The van der Waals surface area contributed by atoms with Crippen molar-refractivity contribution in [2.45, 2.75) is 26.1 Å². The lowest BCUT2D eigenvalue weighted by atomic mass is 10.2. The third kappa shape index (κ3) is 7.30. The number of rotatable bonds is 7. The SMILES string of the molecule is CN=C(NCc1ccc2c(c1)OCCCO2)NCc1cc(OC)ccc1OC(F)F.I. The fraction of sp³-hybridized carbons (Fsp3) is 0.381. The van der Waals surface area contributed by atoms with E-state index in [2.05, 4.69) is 20.4 Å². The number of nitrogens with one attached hydrogen (secondary N) is 2. The van der Waals surface area contributed by atoms with E-state index < -0.39 is 6.61 Å². The van der Waals surface area contributed by atoms with Crippen LogP contribution >= 0.6 is 24.0 Å².